The van der Waals surface area contributed by atoms with Crippen molar-refractivity contribution < 1.29 is 14.7 Å². The molecule has 0 bridgehead atoms. The summed E-state index contributed by atoms with van der Waals surface area (Å²) in [6, 6.07) is 8.01. The number of hydrogen-bond donors (Lipinski definition) is 2. The minimum Gasteiger partial charge on any atom is -0.480 e. The maximum absolute atomic E-state index is 12.4. The fraction of sp³-hybridized carbons (Fsp3) is 0.200. The molecule has 5 nitrogen and oxygen atoms in total. The van der Waals surface area contributed by atoms with Crippen LogP contribution in [0.3, 0.4) is 0 Å². The fourth-order valence-corrected chi connectivity index (χ4v) is 3.16. The second-order valence-electron chi connectivity index (χ2n) is 4.85. The van der Waals surface area contributed by atoms with Gasteiger partial charge >= 0.3 is 12.0 Å². The highest BCUT2D eigenvalue weighted by Crippen LogP contribution is 2.32. The van der Waals surface area contributed by atoms with Gasteiger partial charge < -0.3 is 10.4 Å². The monoisotopic (exact) mass is 302 g/mol. The van der Waals surface area contributed by atoms with Crippen molar-refractivity contribution in [1.82, 2.24) is 5.32 Å². The van der Waals surface area contributed by atoms with Crippen LogP contribution in [0.25, 0.3) is 0 Å². The van der Waals surface area contributed by atoms with Gasteiger partial charge in [-0.15, -0.1) is 0 Å². The highest BCUT2D eigenvalue weighted by Gasteiger charge is 2.38. The number of anilines is 1. The Balaban J connectivity index is 1.80. The molecular weight excluding hydrogens is 288 g/mol. The van der Waals surface area contributed by atoms with Crippen molar-refractivity contribution in [1.29, 1.82) is 0 Å². The van der Waals surface area contributed by atoms with E-state index in [0.29, 0.717) is 18.7 Å². The van der Waals surface area contributed by atoms with Crippen molar-refractivity contribution in [3.63, 3.8) is 0 Å². The van der Waals surface area contributed by atoms with Gasteiger partial charge in [-0.25, -0.2) is 9.59 Å². The molecule has 0 radical (unpaired) electrons. The maximum Gasteiger partial charge on any atom is 0.327 e. The molecule has 6 heteroatoms. The third kappa shape index (κ3) is 2.62. The highest BCUT2D eigenvalue weighted by molar-refractivity contribution is 7.07. The minimum absolute atomic E-state index is 0.345. The first-order valence-corrected chi connectivity index (χ1v) is 7.50. The van der Waals surface area contributed by atoms with Gasteiger partial charge in [0.05, 0.1) is 0 Å². The standard InChI is InChI=1S/C15H14N2O3S/c18-14(19)13-7-11-3-1-2-4-12(11)17(13)15(20)16-8-10-5-6-21-9-10/h1-6,9,13H,7-8H2,(H,16,20)(H,18,19)/t13-/m0/s1. The first-order chi connectivity index (χ1) is 10.2. The summed E-state index contributed by atoms with van der Waals surface area (Å²) in [5.41, 5.74) is 2.57. The maximum atomic E-state index is 12.4. The zero-order valence-electron chi connectivity index (χ0n) is 11.2. The SMILES string of the molecule is O=C(O)[C@@H]1Cc2ccccc2N1C(=O)NCc1ccsc1. The first kappa shape index (κ1) is 13.6. The van der Waals surface area contributed by atoms with Crippen LogP contribution in [-0.2, 0) is 17.8 Å². The molecule has 0 saturated carbocycles. The summed E-state index contributed by atoms with van der Waals surface area (Å²) in [5, 5.41) is 16.0. The van der Waals surface area contributed by atoms with Crippen molar-refractivity contribution >= 4 is 29.0 Å². The second kappa shape index (κ2) is 5.57. The van der Waals surface area contributed by atoms with Crippen molar-refractivity contribution in [2.24, 2.45) is 0 Å². The van der Waals surface area contributed by atoms with E-state index in [2.05, 4.69) is 5.32 Å². The number of carbonyl (C=O) groups is 2. The van der Waals surface area contributed by atoms with Crippen LogP contribution in [0.15, 0.2) is 41.1 Å². The zero-order valence-corrected chi connectivity index (χ0v) is 12.0. The summed E-state index contributed by atoms with van der Waals surface area (Å²) in [6.45, 7) is 0.396. The van der Waals surface area contributed by atoms with Crippen LogP contribution in [0.2, 0.25) is 0 Å². The lowest BCUT2D eigenvalue weighted by molar-refractivity contribution is -0.138. The van der Waals surface area contributed by atoms with E-state index in [-0.39, 0.29) is 6.03 Å². The molecule has 0 aliphatic carbocycles. The van der Waals surface area contributed by atoms with Gasteiger partial charge in [-0.2, -0.15) is 11.3 Å². The van der Waals surface area contributed by atoms with Gasteiger partial charge in [0.25, 0.3) is 0 Å². The van der Waals surface area contributed by atoms with E-state index in [9.17, 15) is 14.7 Å². The van der Waals surface area contributed by atoms with E-state index >= 15 is 0 Å². The Morgan fingerprint density at radius 3 is 2.86 bits per heavy atom. The average Bonchev–Trinajstić information content (AvgIpc) is 3.11. The molecule has 1 aliphatic heterocycles. The highest BCUT2D eigenvalue weighted by atomic mass is 32.1. The number of carboxylic acid groups (broad SMARTS) is 1. The van der Waals surface area contributed by atoms with Gasteiger partial charge in [0.15, 0.2) is 0 Å². The Morgan fingerprint density at radius 1 is 1.33 bits per heavy atom. The molecule has 21 heavy (non-hydrogen) atoms. The number of urea groups is 1. The van der Waals surface area contributed by atoms with E-state index in [0.717, 1.165) is 11.1 Å². The molecule has 0 fully saturated rings. The van der Waals surface area contributed by atoms with Crippen LogP contribution in [0, 0.1) is 0 Å². The molecule has 0 unspecified atom stereocenters. The quantitative estimate of drug-likeness (QED) is 0.915. The fourth-order valence-electron chi connectivity index (χ4n) is 2.49. The topological polar surface area (TPSA) is 69.6 Å². The molecule has 0 saturated heterocycles. The molecule has 2 aromatic rings. The number of carbonyl (C=O) groups excluding carboxylic acids is 1. The van der Waals surface area contributed by atoms with Crippen LogP contribution in [-0.4, -0.2) is 23.1 Å². The molecule has 1 aromatic heterocycles. The Labute approximate surface area is 125 Å². The van der Waals surface area contributed by atoms with Crippen molar-refractivity contribution in [2.75, 3.05) is 4.90 Å². The number of nitrogens with zero attached hydrogens (tertiary/aromatic N) is 1. The molecule has 2 amide bonds. The number of rotatable bonds is 3. The molecular formula is C15H14N2O3S. The molecule has 1 atom stereocenters. The average molecular weight is 302 g/mol. The number of para-hydroxylation sites is 1. The van der Waals surface area contributed by atoms with Crippen LogP contribution < -0.4 is 10.2 Å². The number of fused-ring (bicyclic) bond motifs is 1. The van der Waals surface area contributed by atoms with Crippen LogP contribution in [0.5, 0.6) is 0 Å². The van der Waals surface area contributed by atoms with Gasteiger partial charge in [-0.3, -0.25) is 4.90 Å². The van der Waals surface area contributed by atoms with E-state index in [1.807, 2.05) is 35.0 Å². The number of aliphatic carboxylic acids is 1. The summed E-state index contributed by atoms with van der Waals surface area (Å²) < 4.78 is 0. The molecule has 1 aromatic carbocycles. The number of thiophene rings is 1. The second-order valence-corrected chi connectivity index (χ2v) is 5.63. The Kier molecular flexibility index (Phi) is 3.62. The Hall–Kier alpha value is -2.34. The van der Waals surface area contributed by atoms with Gasteiger partial charge in [0.1, 0.15) is 6.04 Å². The van der Waals surface area contributed by atoms with Crippen LogP contribution in [0.4, 0.5) is 10.5 Å². The van der Waals surface area contributed by atoms with E-state index in [1.165, 1.54) is 4.90 Å². The number of nitrogens with one attached hydrogen (secondary N) is 1. The molecule has 108 valence electrons. The van der Waals surface area contributed by atoms with Gasteiger partial charge in [0.2, 0.25) is 0 Å². The van der Waals surface area contributed by atoms with Crippen molar-refractivity contribution in [3.05, 3.63) is 52.2 Å². The molecule has 2 heterocycles. The normalized spacial score (nSPS) is 16.6. The predicted octanol–water partition coefficient (Wildman–Crippen LogP) is 2.47. The third-order valence-corrected chi connectivity index (χ3v) is 4.24. The summed E-state index contributed by atoms with van der Waals surface area (Å²) in [5.74, 6) is -0.989. The zero-order chi connectivity index (χ0) is 14.8. The lowest BCUT2D eigenvalue weighted by Crippen LogP contribution is -2.47. The molecule has 0 spiro atoms. The van der Waals surface area contributed by atoms with E-state index in [4.69, 9.17) is 0 Å². The number of carboxylic acids is 1. The first-order valence-electron chi connectivity index (χ1n) is 6.55. The smallest absolute Gasteiger partial charge is 0.327 e. The molecule has 1 aliphatic rings. The van der Waals surface area contributed by atoms with Gasteiger partial charge in [0, 0.05) is 18.7 Å². The molecule has 2 N–H and O–H groups in total. The lowest BCUT2D eigenvalue weighted by Gasteiger charge is -2.22. The summed E-state index contributed by atoms with van der Waals surface area (Å²) >= 11 is 1.56. The minimum atomic E-state index is -0.989. The van der Waals surface area contributed by atoms with E-state index < -0.39 is 12.0 Å². The predicted molar refractivity (Wildman–Crippen MR) is 80.6 cm³/mol. The number of benzene rings is 1. The Bertz CT molecular complexity index is 669. The van der Waals surface area contributed by atoms with Crippen molar-refractivity contribution in [3.8, 4) is 0 Å². The summed E-state index contributed by atoms with van der Waals surface area (Å²) in [4.78, 5) is 25.1. The third-order valence-electron chi connectivity index (χ3n) is 3.50. The number of hydrogen-bond acceptors (Lipinski definition) is 3. The van der Waals surface area contributed by atoms with E-state index in [1.54, 1.807) is 17.4 Å². The summed E-state index contributed by atoms with van der Waals surface area (Å²) in [6.07, 6.45) is 0.345. The van der Waals surface area contributed by atoms with Crippen molar-refractivity contribution in [2.45, 2.75) is 19.0 Å². The lowest BCUT2D eigenvalue weighted by atomic mass is 10.1. The van der Waals surface area contributed by atoms with Gasteiger partial charge in [-0.05, 0) is 34.0 Å². The summed E-state index contributed by atoms with van der Waals surface area (Å²) in [7, 11) is 0. The van der Waals surface area contributed by atoms with Gasteiger partial charge in [-0.1, -0.05) is 18.2 Å². The number of amides is 2. The van der Waals surface area contributed by atoms with Crippen LogP contribution in [0.1, 0.15) is 11.1 Å². The van der Waals surface area contributed by atoms with Crippen LogP contribution >= 0.6 is 11.3 Å². The largest absolute Gasteiger partial charge is 0.480 e. The Morgan fingerprint density at radius 2 is 2.14 bits per heavy atom. The molecule has 3 rings (SSSR count).